The lowest BCUT2D eigenvalue weighted by atomic mass is 10.1. The van der Waals surface area contributed by atoms with E-state index in [0.29, 0.717) is 13.1 Å². The number of carbonyl (C=O) groups excluding carboxylic acids is 2. The molecule has 0 aromatic heterocycles. The van der Waals surface area contributed by atoms with Crippen LogP contribution in [0.15, 0.2) is 29.2 Å². The minimum absolute atomic E-state index is 0.0635. The van der Waals surface area contributed by atoms with Crippen LogP contribution in [0.2, 0.25) is 0 Å². The van der Waals surface area contributed by atoms with Crippen molar-refractivity contribution in [1.29, 1.82) is 0 Å². The molecule has 1 rings (SSSR count). The van der Waals surface area contributed by atoms with Crippen LogP contribution in [0.25, 0.3) is 0 Å². The van der Waals surface area contributed by atoms with Gasteiger partial charge < -0.3 is 16.0 Å². The van der Waals surface area contributed by atoms with Gasteiger partial charge in [-0.2, -0.15) is 0 Å². The monoisotopic (exact) mass is 309 g/mol. The standard InChI is InChI=1S/C15H23N3O2S/c1-4-21-14-7-5-13(6-8-14)11(2)18-15(20)17-10-9-16-12(3)19/h5-8,11H,4,9-10H2,1-3H3,(H,16,19)(H2,17,18,20). The predicted molar refractivity (Wildman–Crippen MR) is 86.5 cm³/mol. The van der Waals surface area contributed by atoms with E-state index in [9.17, 15) is 9.59 Å². The molecule has 0 bridgehead atoms. The Labute approximate surface area is 130 Å². The van der Waals surface area contributed by atoms with Crippen LogP contribution in [0.4, 0.5) is 4.79 Å². The van der Waals surface area contributed by atoms with E-state index in [4.69, 9.17) is 0 Å². The van der Waals surface area contributed by atoms with Gasteiger partial charge in [0.15, 0.2) is 0 Å². The highest BCUT2D eigenvalue weighted by Crippen LogP contribution is 2.20. The Kier molecular flexibility index (Phi) is 7.68. The summed E-state index contributed by atoms with van der Waals surface area (Å²) in [6.07, 6.45) is 0. The summed E-state index contributed by atoms with van der Waals surface area (Å²) in [5.41, 5.74) is 1.06. The van der Waals surface area contributed by atoms with Crippen molar-refractivity contribution in [3.63, 3.8) is 0 Å². The molecule has 5 nitrogen and oxygen atoms in total. The smallest absolute Gasteiger partial charge is 0.315 e. The van der Waals surface area contributed by atoms with E-state index in [1.54, 1.807) is 11.8 Å². The molecular weight excluding hydrogens is 286 g/mol. The Hall–Kier alpha value is -1.69. The largest absolute Gasteiger partial charge is 0.355 e. The molecule has 0 fully saturated rings. The van der Waals surface area contributed by atoms with E-state index in [0.717, 1.165) is 11.3 Å². The van der Waals surface area contributed by atoms with Crippen LogP contribution >= 0.6 is 11.8 Å². The summed E-state index contributed by atoms with van der Waals surface area (Å²) in [4.78, 5) is 23.6. The fourth-order valence-electron chi connectivity index (χ4n) is 1.76. The zero-order chi connectivity index (χ0) is 15.7. The molecule has 0 heterocycles. The number of urea groups is 1. The summed E-state index contributed by atoms with van der Waals surface area (Å²) in [7, 11) is 0. The molecule has 1 unspecified atom stereocenters. The quantitative estimate of drug-likeness (QED) is 0.534. The van der Waals surface area contributed by atoms with Gasteiger partial charge >= 0.3 is 6.03 Å². The number of nitrogens with one attached hydrogen (secondary N) is 3. The molecule has 21 heavy (non-hydrogen) atoms. The first-order valence-electron chi connectivity index (χ1n) is 7.04. The lowest BCUT2D eigenvalue weighted by Crippen LogP contribution is -2.40. The van der Waals surface area contributed by atoms with Crippen LogP contribution < -0.4 is 16.0 Å². The van der Waals surface area contributed by atoms with E-state index in [2.05, 4.69) is 35.0 Å². The van der Waals surface area contributed by atoms with Crippen molar-refractivity contribution in [1.82, 2.24) is 16.0 Å². The number of benzene rings is 1. The zero-order valence-electron chi connectivity index (χ0n) is 12.7. The normalized spacial score (nSPS) is 11.6. The van der Waals surface area contributed by atoms with E-state index < -0.39 is 0 Å². The maximum Gasteiger partial charge on any atom is 0.315 e. The molecule has 1 aromatic carbocycles. The zero-order valence-corrected chi connectivity index (χ0v) is 13.5. The third kappa shape index (κ3) is 7.04. The molecule has 0 aliphatic heterocycles. The van der Waals surface area contributed by atoms with Crippen molar-refractivity contribution in [2.75, 3.05) is 18.8 Å². The summed E-state index contributed by atoms with van der Waals surface area (Å²) in [5.74, 6) is 0.944. The molecule has 3 amide bonds. The van der Waals surface area contributed by atoms with Gasteiger partial charge in [0.2, 0.25) is 5.91 Å². The molecule has 0 radical (unpaired) electrons. The molecule has 1 atom stereocenters. The van der Waals surface area contributed by atoms with Gasteiger partial charge in [-0.3, -0.25) is 4.79 Å². The SMILES string of the molecule is CCSc1ccc(C(C)NC(=O)NCCNC(C)=O)cc1. The van der Waals surface area contributed by atoms with Crippen molar-refractivity contribution in [3.8, 4) is 0 Å². The minimum atomic E-state index is -0.236. The molecule has 0 spiro atoms. The second-order valence-electron chi connectivity index (χ2n) is 4.61. The average Bonchev–Trinajstić information content (AvgIpc) is 2.44. The number of thioether (sulfide) groups is 1. The van der Waals surface area contributed by atoms with Gasteiger partial charge in [0.1, 0.15) is 0 Å². The summed E-state index contributed by atoms with van der Waals surface area (Å²) in [6.45, 7) is 6.34. The Balaban J connectivity index is 2.36. The number of hydrogen-bond donors (Lipinski definition) is 3. The third-order valence-corrected chi connectivity index (χ3v) is 3.72. The van der Waals surface area contributed by atoms with Gasteiger partial charge in [0, 0.05) is 24.9 Å². The highest BCUT2D eigenvalue weighted by atomic mass is 32.2. The summed E-state index contributed by atoms with van der Waals surface area (Å²) in [5, 5.41) is 8.19. The fourth-order valence-corrected chi connectivity index (χ4v) is 2.43. The van der Waals surface area contributed by atoms with Crippen molar-refractivity contribution in [3.05, 3.63) is 29.8 Å². The molecular formula is C15H23N3O2S. The van der Waals surface area contributed by atoms with E-state index in [1.807, 2.05) is 19.1 Å². The molecule has 6 heteroatoms. The Morgan fingerprint density at radius 2 is 1.76 bits per heavy atom. The summed E-state index contributed by atoms with van der Waals surface area (Å²) < 4.78 is 0. The Morgan fingerprint density at radius 3 is 2.33 bits per heavy atom. The van der Waals surface area contributed by atoms with Crippen LogP contribution in [-0.2, 0) is 4.79 Å². The summed E-state index contributed by atoms with van der Waals surface area (Å²) in [6, 6.07) is 7.89. The predicted octanol–water partition coefficient (Wildman–Crippen LogP) is 2.29. The van der Waals surface area contributed by atoms with E-state index in [1.165, 1.54) is 11.8 Å². The minimum Gasteiger partial charge on any atom is -0.355 e. The second-order valence-corrected chi connectivity index (χ2v) is 5.94. The van der Waals surface area contributed by atoms with Gasteiger partial charge in [0.05, 0.1) is 6.04 Å². The topological polar surface area (TPSA) is 70.2 Å². The molecule has 3 N–H and O–H groups in total. The molecule has 116 valence electrons. The van der Waals surface area contributed by atoms with Gasteiger partial charge in [-0.1, -0.05) is 19.1 Å². The lowest BCUT2D eigenvalue weighted by molar-refractivity contribution is -0.118. The van der Waals surface area contributed by atoms with Crippen LogP contribution in [0, 0.1) is 0 Å². The van der Waals surface area contributed by atoms with E-state index in [-0.39, 0.29) is 18.0 Å². The van der Waals surface area contributed by atoms with Gasteiger partial charge in [0.25, 0.3) is 0 Å². The van der Waals surface area contributed by atoms with Crippen LogP contribution in [0.1, 0.15) is 32.4 Å². The first-order valence-corrected chi connectivity index (χ1v) is 8.03. The molecule has 1 aromatic rings. The molecule has 0 aliphatic carbocycles. The van der Waals surface area contributed by atoms with Crippen LogP contribution in [0.5, 0.6) is 0 Å². The fraction of sp³-hybridized carbons (Fsp3) is 0.467. The van der Waals surface area contributed by atoms with Crippen LogP contribution in [-0.4, -0.2) is 30.8 Å². The highest BCUT2D eigenvalue weighted by molar-refractivity contribution is 7.99. The van der Waals surface area contributed by atoms with Crippen molar-refractivity contribution < 1.29 is 9.59 Å². The van der Waals surface area contributed by atoms with Gasteiger partial charge in [-0.25, -0.2) is 4.79 Å². The first kappa shape index (κ1) is 17.4. The maximum atomic E-state index is 11.7. The van der Waals surface area contributed by atoms with Crippen LogP contribution in [0.3, 0.4) is 0 Å². The van der Waals surface area contributed by atoms with Gasteiger partial charge in [-0.15, -0.1) is 11.8 Å². The van der Waals surface area contributed by atoms with Crippen molar-refractivity contribution in [2.24, 2.45) is 0 Å². The summed E-state index contributed by atoms with van der Waals surface area (Å²) >= 11 is 1.79. The van der Waals surface area contributed by atoms with E-state index >= 15 is 0 Å². The molecule has 0 aliphatic rings. The number of amides is 3. The first-order chi connectivity index (χ1) is 10.0. The third-order valence-electron chi connectivity index (χ3n) is 2.82. The Morgan fingerprint density at radius 1 is 1.14 bits per heavy atom. The highest BCUT2D eigenvalue weighted by Gasteiger charge is 2.08. The molecule has 0 saturated carbocycles. The Bertz CT molecular complexity index is 462. The maximum absolute atomic E-state index is 11.7. The number of rotatable bonds is 7. The van der Waals surface area contributed by atoms with Gasteiger partial charge in [-0.05, 0) is 30.4 Å². The van der Waals surface area contributed by atoms with Crippen molar-refractivity contribution in [2.45, 2.75) is 31.7 Å². The molecule has 0 saturated heterocycles. The van der Waals surface area contributed by atoms with Crippen molar-refractivity contribution >= 4 is 23.7 Å². The number of carbonyl (C=O) groups is 2. The second kappa shape index (κ2) is 9.28. The number of hydrogen-bond acceptors (Lipinski definition) is 3. The lowest BCUT2D eigenvalue weighted by Gasteiger charge is -2.15. The average molecular weight is 309 g/mol.